The maximum atomic E-state index is 11.9. The predicted molar refractivity (Wildman–Crippen MR) is 83.1 cm³/mol. The first-order chi connectivity index (χ1) is 10.8. The number of rotatable bonds is 6. The van der Waals surface area contributed by atoms with Gasteiger partial charge < -0.3 is 14.9 Å². The van der Waals surface area contributed by atoms with E-state index in [4.69, 9.17) is 4.74 Å². The predicted octanol–water partition coefficient (Wildman–Crippen LogP) is 2.01. The average Bonchev–Trinajstić information content (AvgIpc) is 2.86. The summed E-state index contributed by atoms with van der Waals surface area (Å²) in [5, 5.41) is 10.8. The molecule has 0 saturated carbocycles. The number of sulfone groups is 1. The summed E-state index contributed by atoms with van der Waals surface area (Å²) >= 11 is 0. The molecule has 2 rings (SSSR count). The highest BCUT2D eigenvalue weighted by atomic mass is 32.2. The lowest BCUT2D eigenvalue weighted by atomic mass is 10.2. The van der Waals surface area contributed by atoms with Crippen LogP contribution in [-0.2, 0) is 23.5 Å². The second-order valence-electron chi connectivity index (χ2n) is 4.97. The molecule has 0 fully saturated rings. The molecule has 8 nitrogen and oxygen atoms in total. The van der Waals surface area contributed by atoms with Crippen molar-refractivity contribution in [2.75, 3.05) is 5.75 Å². The third kappa shape index (κ3) is 3.50. The smallest absolute Gasteiger partial charge is 0.342 e. The first-order valence-electron chi connectivity index (χ1n) is 6.87. The summed E-state index contributed by atoms with van der Waals surface area (Å²) in [6.07, 6.45) is 1.17. The van der Waals surface area contributed by atoms with Crippen LogP contribution in [0, 0.1) is 17.0 Å². The monoisotopic (exact) mass is 339 g/mol. The number of nitrogens with zero attached hydrogens (tertiary/aromatic N) is 3. The summed E-state index contributed by atoms with van der Waals surface area (Å²) in [7, 11) is -1.74. The van der Waals surface area contributed by atoms with Crippen molar-refractivity contribution < 1.29 is 18.1 Å². The third-order valence-electron chi connectivity index (χ3n) is 3.48. The van der Waals surface area contributed by atoms with Crippen molar-refractivity contribution >= 4 is 15.7 Å². The van der Waals surface area contributed by atoms with E-state index >= 15 is 0 Å². The van der Waals surface area contributed by atoms with Crippen molar-refractivity contribution in [3.8, 4) is 5.75 Å². The molecule has 0 radical (unpaired) electrons. The number of nitro groups is 1. The molecule has 124 valence electrons. The Hall–Kier alpha value is -2.42. The molecule has 0 N–H and O–H groups in total. The van der Waals surface area contributed by atoms with Gasteiger partial charge in [-0.15, -0.1) is 0 Å². The van der Waals surface area contributed by atoms with Gasteiger partial charge in [0.1, 0.15) is 11.9 Å². The van der Waals surface area contributed by atoms with Crippen molar-refractivity contribution in [2.45, 2.75) is 25.3 Å². The molecular weight excluding hydrogens is 322 g/mol. The molecule has 0 amide bonds. The Morgan fingerprint density at radius 1 is 1.39 bits per heavy atom. The molecule has 0 bridgehead atoms. The Labute approximate surface area is 133 Å². The first kappa shape index (κ1) is 16.9. The summed E-state index contributed by atoms with van der Waals surface area (Å²) in [5.74, 6) is 0.789. The lowest BCUT2D eigenvalue weighted by Crippen LogP contribution is -2.07. The van der Waals surface area contributed by atoms with E-state index in [1.807, 2.05) is 0 Å². The minimum atomic E-state index is -3.27. The number of hydrogen-bond donors (Lipinski definition) is 0. The fourth-order valence-electron chi connectivity index (χ4n) is 2.11. The zero-order chi connectivity index (χ0) is 17.2. The van der Waals surface area contributed by atoms with Crippen LogP contribution in [0.25, 0.3) is 0 Å². The number of benzene rings is 1. The maximum absolute atomic E-state index is 11.9. The van der Waals surface area contributed by atoms with Crippen LogP contribution >= 0.6 is 0 Å². The van der Waals surface area contributed by atoms with Crippen molar-refractivity contribution in [2.24, 2.45) is 7.05 Å². The van der Waals surface area contributed by atoms with Crippen LogP contribution in [0.15, 0.2) is 29.3 Å². The molecule has 0 spiro atoms. The number of ether oxygens (including phenoxy) is 1. The number of aromatic nitrogens is 2. The van der Waals surface area contributed by atoms with Gasteiger partial charge in [0.05, 0.1) is 17.7 Å². The second-order valence-corrected chi connectivity index (χ2v) is 7.21. The number of hydrogen-bond acceptors (Lipinski definition) is 6. The molecule has 0 saturated heterocycles. The highest BCUT2D eigenvalue weighted by Crippen LogP contribution is 2.23. The molecule has 0 aliphatic rings. The number of imidazole rings is 1. The Morgan fingerprint density at radius 2 is 2.09 bits per heavy atom. The maximum Gasteiger partial charge on any atom is 0.342 e. The van der Waals surface area contributed by atoms with Gasteiger partial charge in [-0.1, -0.05) is 6.92 Å². The van der Waals surface area contributed by atoms with Crippen LogP contribution in [0.1, 0.15) is 18.3 Å². The first-order valence-corrected chi connectivity index (χ1v) is 8.52. The fraction of sp³-hybridized carbons (Fsp3) is 0.357. The van der Waals surface area contributed by atoms with Crippen LogP contribution in [-0.4, -0.2) is 28.6 Å². The molecule has 0 atom stereocenters. The Morgan fingerprint density at radius 3 is 2.61 bits per heavy atom. The lowest BCUT2D eigenvalue weighted by Gasteiger charge is -2.09. The largest absolute Gasteiger partial charge is 0.483 e. The van der Waals surface area contributed by atoms with Crippen molar-refractivity contribution in [3.05, 3.63) is 45.9 Å². The van der Waals surface area contributed by atoms with Crippen molar-refractivity contribution in [1.29, 1.82) is 0 Å². The number of aryl methyl sites for hydroxylation is 1. The normalized spacial score (nSPS) is 11.4. The molecule has 1 aromatic carbocycles. The van der Waals surface area contributed by atoms with Crippen LogP contribution in [0.5, 0.6) is 5.75 Å². The minimum Gasteiger partial charge on any atom is -0.483 e. The Bertz CT molecular complexity index is 842. The van der Waals surface area contributed by atoms with E-state index in [-0.39, 0.29) is 23.1 Å². The van der Waals surface area contributed by atoms with Gasteiger partial charge in [0.25, 0.3) is 0 Å². The summed E-state index contributed by atoms with van der Waals surface area (Å²) < 4.78 is 30.7. The van der Waals surface area contributed by atoms with Crippen molar-refractivity contribution in [3.63, 3.8) is 0 Å². The highest BCUT2D eigenvalue weighted by Gasteiger charge is 2.18. The molecule has 23 heavy (non-hydrogen) atoms. The topological polar surface area (TPSA) is 104 Å². The van der Waals surface area contributed by atoms with E-state index in [9.17, 15) is 18.5 Å². The van der Waals surface area contributed by atoms with Gasteiger partial charge in [-0.3, -0.25) is 0 Å². The van der Waals surface area contributed by atoms with Crippen molar-refractivity contribution in [1.82, 2.24) is 9.55 Å². The fourth-order valence-corrected chi connectivity index (χ4v) is 3.24. The Kier molecular flexibility index (Phi) is 4.69. The average molecular weight is 339 g/mol. The molecule has 9 heteroatoms. The quantitative estimate of drug-likeness (QED) is 0.589. The van der Waals surface area contributed by atoms with Crippen LogP contribution in [0.3, 0.4) is 0 Å². The van der Waals surface area contributed by atoms with Crippen LogP contribution in [0.2, 0.25) is 0 Å². The molecule has 0 unspecified atom stereocenters. The molecule has 0 aliphatic carbocycles. The third-order valence-corrected chi connectivity index (χ3v) is 5.36. The molecule has 2 aromatic rings. The summed E-state index contributed by atoms with van der Waals surface area (Å²) in [4.78, 5) is 14.5. The SMILES string of the molecule is CCS(=O)(=O)c1ccc(OCc2ncc([N+](=O)[O-])n2C)cc1C. The van der Waals surface area contributed by atoms with E-state index in [0.717, 1.165) is 0 Å². The highest BCUT2D eigenvalue weighted by molar-refractivity contribution is 7.91. The van der Waals surface area contributed by atoms with E-state index < -0.39 is 14.8 Å². The van der Waals surface area contributed by atoms with Gasteiger partial charge in [-0.25, -0.2) is 18.0 Å². The van der Waals surface area contributed by atoms with Gasteiger partial charge in [0.15, 0.2) is 16.4 Å². The standard InChI is InChI=1S/C14H17N3O5S/c1-4-23(20,21)12-6-5-11(7-10(12)2)22-9-13-15-8-14(16(13)3)17(18)19/h5-8H,4,9H2,1-3H3. The van der Waals surface area contributed by atoms with E-state index in [1.165, 1.54) is 23.9 Å². The minimum absolute atomic E-state index is 0.0327. The van der Waals surface area contributed by atoms with E-state index in [1.54, 1.807) is 26.0 Å². The molecule has 1 heterocycles. The summed E-state index contributed by atoms with van der Waals surface area (Å²) in [6, 6.07) is 4.69. The van der Waals surface area contributed by atoms with Gasteiger partial charge in [-0.05, 0) is 35.6 Å². The van der Waals surface area contributed by atoms with Gasteiger partial charge in [0.2, 0.25) is 5.82 Å². The van der Waals surface area contributed by atoms with E-state index in [2.05, 4.69) is 4.98 Å². The molecule has 0 aliphatic heterocycles. The zero-order valence-electron chi connectivity index (χ0n) is 13.0. The van der Waals surface area contributed by atoms with Gasteiger partial charge >= 0.3 is 5.82 Å². The van der Waals surface area contributed by atoms with Gasteiger partial charge in [0, 0.05) is 0 Å². The molecule has 1 aromatic heterocycles. The lowest BCUT2D eigenvalue weighted by molar-refractivity contribution is -0.391. The zero-order valence-corrected chi connectivity index (χ0v) is 13.8. The summed E-state index contributed by atoms with van der Waals surface area (Å²) in [5.41, 5.74) is 0.593. The second kappa shape index (κ2) is 6.37. The van der Waals surface area contributed by atoms with E-state index in [0.29, 0.717) is 17.1 Å². The van der Waals surface area contributed by atoms with Gasteiger partial charge in [-0.2, -0.15) is 0 Å². The van der Waals surface area contributed by atoms with Crippen LogP contribution < -0.4 is 4.74 Å². The molecular formula is C14H17N3O5S. The Balaban J connectivity index is 2.16. The van der Waals surface area contributed by atoms with Crippen LogP contribution in [0.4, 0.5) is 5.82 Å². The summed E-state index contributed by atoms with van der Waals surface area (Å²) in [6.45, 7) is 3.33.